The summed E-state index contributed by atoms with van der Waals surface area (Å²) in [5, 5.41) is 10.4. The minimum Gasteiger partial charge on any atom is -0.481 e. The Kier molecular flexibility index (Phi) is 6.67. The standard InChI is InChI=1S/C14H20N2O5S3/c1-2-15(5-3-12(17)18)14(19)13-11(4-8-23-13)24(20,21)16-6-9-22-10-7-16/h4,8H,2-3,5-7,9-10H2,1H3,(H,17,18). The number of carboxylic acid groups (broad SMARTS) is 1. The number of aliphatic carboxylic acids is 1. The summed E-state index contributed by atoms with van der Waals surface area (Å²) in [5.74, 6) is 0.0587. The maximum atomic E-state index is 12.8. The number of carbonyl (C=O) groups is 2. The molecule has 1 aromatic heterocycles. The van der Waals surface area contributed by atoms with E-state index in [0.29, 0.717) is 19.6 Å². The fourth-order valence-corrected chi connectivity index (χ4v) is 6.30. The van der Waals surface area contributed by atoms with Gasteiger partial charge in [-0.3, -0.25) is 9.59 Å². The molecule has 1 N–H and O–H groups in total. The van der Waals surface area contributed by atoms with Gasteiger partial charge in [-0.15, -0.1) is 11.3 Å². The van der Waals surface area contributed by atoms with Crippen LogP contribution in [-0.4, -0.2) is 72.3 Å². The number of hydrogen-bond acceptors (Lipinski definition) is 6. The van der Waals surface area contributed by atoms with Crippen LogP contribution in [-0.2, 0) is 14.8 Å². The van der Waals surface area contributed by atoms with Crippen LogP contribution in [0.2, 0.25) is 0 Å². The lowest BCUT2D eigenvalue weighted by atomic mass is 10.3. The van der Waals surface area contributed by atoms with E-state index in [9.17, 15) is 18.0 Å². The average molecular weight is 393 g/mol. The van der Waals surface area contributed by atoms with Crippen molar-refractivity contribution >= 4 is 45.0 Å². The average Bonchev–Trinajstić information content (AvgIpc) is 3.06. The van der Waals surface area contributed by atoms with E-state index in [1.165, 1.54) is 15.3 Å². The van der Waals surface area contributed by atoms with Gasteiger partial charge >= 0.3 is 5.97 Å². The van der Waals surface area contributed by atoms with Crippen molar-refractivity contribution in [3.05, 3.63) is 16.3 Å². The van der Waals surface area contributed by atoms with Gasteiger partial charge in [0, 0.05) is 37.7 Å². The van der Waals surface area contributed by atoms with E-state index in [1.54, 1.807) is 24.1 Å². The largest absolute Gasteiger partial charge is 0.481 e. The molecule has 0 atom stereocenters. The number of hydrogen-bond donors (Lipinski definition) is 1. The quantitative estimate of drug-likeness (QED) is 0.754. The molecule has 1 aliphatic rings. The van der Waals surface area contributed by atoms with E-state index < -0.39 is 21.9 Å². The Hall–Kier alpha value is -1.10. The van der Waals surface area contributed by atoms with E-state index in [4.69, 9.17) is 5.11 Å². The van der Waals surface area contributed by atoms with Crippen LogP contribution < -0.4 is 0 Å². The van der Waals surface area contributed by atoms with Crippen molar-refractivity contribution in [1.82, 2.24) is 9.21 Å². The van der Waals surface area contributed by atoms with Crippen LogP contribution >= 0.6 is 23.1 Å². The van der Waals surface area contributed by atoms with Crippen LogP contribution in [0.1, 0.15) is 23.0 Å². The Labute approximate surface area is 149 Å². The molecule has 2 heterocycles. The van der Waals surface area contributed by atoms with Crippen molar-refractivity contribution < 1.29 is 23.1 Å². The van der Waals surface area contributed by atoms with Gasteiger partial charge in [0.25, 0.3) is 5.91 Å². The van der Waals surface area contributed by atoms with Crippen LogP contribution in [0.4, 0.5) is 0 Å². The zero-order chi connectivity index (χ0) is 17.7. The lowest BCUT2D eigenvalue weighted by Crippen LogP contribution is -2.39. The normalized spacial score (nSPS) is 16.0. The molecule has 0 aliphatic carbocycles. The molecule has 0 unspecified atom stereocenters. The third kappa shape index (κ3) is 4.29. The second-order valence-electron chi connectivity index (χ2n) is 5.16. The van der Waals surface area contributed by atoms with E-state index in [1.807, 2.05) is 0 Å². The molecule has 1 amide bonds. The van der Waals surface area contributed by atoms with Crippen LogP contribution in [0.3, 0.4) is 0 Å². The predicted octanol–water partition coefficient (Wildman–Crippen LogP) is 1.42. The molecular formula is C14H20N2O5S3. The number of amides is 1. The van der Waals surface area contributed by atoms with Crippen molar-refractivity contribution in [3.63, 3.8) is 0 Å². The Balaban J connectivity index is 2.25. The first-order chi connectivity index (χ1) is 11.4. The highest BCUT2D eigenvalue weighted by atomic mass is 32.2. The Morgan fingerprint density at radius 2 is 2.00 bits per heavy atom. The van der Waals surface area contributed by atoms with Gasteiger partial charge in [0.1, 0.15) is 9.77 Å². The number of thiophene rings is 1. The number of rotatable bonds is 7. The Bertz CT molecular complexity index is 695. The molecule has 134 valence electrons. The fraction of sp³-hybridized carbons (Fsp3) is 0.571. The number of sulfonamides is 1. The molecule has 0 radical (unpaired) electrons. The van der Waals surface area contributed by atoms with Gasteiger partial charge in [0.15, 0.2) is 0 Å². The summed E-state index contributed by atoms with van der Waals surface area (Å²) in [5.41, 5.74) is 0. The number of nitrogens with zero attached hydrogens (tertiary/aromatic N) is 2. The summed E-state index contributed by atoms with van der Waals surface area (Å²) in [6, 6.07) is 1.46. The molecule has 1 saturated heterocycles. The van der Waals surface area contributed by atoms with Gasteiger partial charge < -0.3 is 10.0 Å². The summed E-state index contributed by atoms with van der Waals surface area (Å²) < 4.78 is 27.0. The molecule has 0 aromatic carbocycles. The van der Waals surface area contributed by atoms with Crippen LogP contribution in [0.25, 0.3) is 0 Å². The van der Waals surface area contributed by atoms with Crippen molar-refractivity contribution in [1.29, 1.82) is 0 Å². The van der Waals surface area contributed by atoms with Gasteiger partial charge in [-0.25, -0.2) is 8.42 Å². The van der Waals surface area contributed by atoms with Gasteiger partial charge in [-0.2, -0.15) is 16.1 Å². The lowest BCUT2D eigenvalue weighted by Gasteiger charge is -2.26. The lowest BCUT2D eigenvalue weighted by molar-refractivity contribution is -0.137. The van der Waals surface area contributed by atoms with Gasteiger partial charge in [0.2, 0.25) is 10.0 Å². The van der Waals surface area contributed by atoms with E-state index in [-0.39, 0.29) is 22.7 Å². The van der Waals surface area contributed by atoms with E-state index >= 15 is 0 Å². The first-order valence-corrected chi connectivity index (χ1v) is 11.0. The molecule has 1 aliphatic heterocycles. The third-order valence-electron chi connectivity index (χ3n) is 3.68. The molecule has 7 nitrogen and oxygen atoms in total. The van der Waals surface area contributed by atoms with Crippen molar-refractivity contribution in [2.24, 2.45) is 0 Å². The first kappa shape index (κ1) is 19.2. The summed E-state index contributed by atoms with van der Waals surface area (Å²) in [6.07, 6.45) is -0.170. The minimum absolute atomic E-state index is 0.0261. The van der Waals surface area contributed by atoms with Crippen LogP contribution in [0.5, 0.6) is 0 Å². The SMILES string of the molecule is CCN(CCC(=O)O)C(=O)c1sccc1S(=O)(=O)N1CCSCC1. The molecule has 0 saturated carbocycles. The second kappa shape index (κ2) is 8.32. The maximum Gasteiger partial charge on any atom is 0.305 e. The van der Waals surface area contributed by atoms with E-state index in [0.717, 1.165) is 22.8 Å². The number of carboxylic acids is 1. The Morgan fingerprint density at radius 1 is 1.33 bits per heavy atom. The van der Waals surface area contributed by atoms with Gasteiger partial charge in [-0.1, -0.05) is 0 Å². The van der Waals surface area contributed by atoms with Gasteiger partial charge in [0.05, 0.1) is 6.42 Å². The highest BCUT2D eigenvalue weighted by Crippen LogP contribution is 2.28. The summed E-state index contributed by atoms with van der Waals surface area (Å²) in [6.45, 7) is 3.00. The number of thioether (sulfide) groups is 1. The summed E-state index contributed by atoms with van der Waals surface area (Å²) in [4.78, 5) is 24.9. The molecule has 0 spiro atoms. The molecular weight excluding hydrogens is 372 g/mol. The molecule has 24 heavy (non-hydrogen) atoms. The molecule has 1 aromatic rings. The third-order valence-corrected chi connectivity index (χ3v) is 7.59. The minimum atomic E-state index is -3.70. The zero-order valence-electron chi connectivity index (χ0n) is 13.3. The highest BCUT2D eigenvalue weighted by Gasteiger charge is 2.32. The summed E-state index contributed by atoms with van der Waals surface area (Å²) >= 11 is 2.78. The molecule has 1 fully saturated rings. The second-order valence-corrected chi connectivity index (χ2v) is 9.21. The molecule has 10 heteroatoms. The van der Waals surface area contributed by atoms with Gasteiger partial charge in [-0.05, 0) is 18.4 Å². The zero-order valence-corrected chi connectivity index (χ0v) is 15.8. The molecule has 0 bridgehead atoms. The molecule has 2 rings (SSSR count). The van der Waals surface area contributed by atoms with Crippen molar-refractivity contribution in [3.8, 4) is 0 Å². The predicted molar refractivity (Wildman–Crippen MR) is 94.2 cm³/mol. The van der Waals surface area contributed by atoms with Crippen molar-refractivity contribution in [2.45, 2.75) is 18.2 Å². The maximum absolute atomic E-state index is 12.8. The van der Waals surface area contributed by atoms with Crippen molar-refractivity contribution in [2.75, 3.05) is 37.7 Å². The van der Waals surface area contributed by atoms with Crippen LogP contribution in [0, 0.1) is 0 Å². The fourth-order valence-electron chi connectivity index (χ4n) is 2.36. The van der Waals surface area contributed by atoms with Crippen LogP contribution in [0.15, 0.2) is 16.3 Å². The smallest absolute Gasteiger partial charge is 0.305 e. The Morgan fingerprint density at radius 3 is 2.58 bits per heavy atom. The topological polar surface area (TPSA) is 95.0 Å². The monoisotopic (exact) mass is 392 g/mol. The highest BCUT2D eigenvalue weighted by molar-refractivity contribution is 7.99. The summed E-state index contributed by atoms with van der Waals surface area (Å²) in [7, 11) is -3.70. The number of carbonyl (C=O) groups excluding carboxylic acids is 1. The first-order valence-electron chi connectivity index (χ1n) is 7.54. The van der Waals surface area contributed by atoms with E-state index in [2.05, 4.69) is 0 Å².